The quantitative estimate of drug-likeness (QED) is 0.754. The molecule has 1 N–H and O–H groups in total. The molecule has 0 aliphatic heterocycles. The number of hydrogen-bond donors (Lipinski definition) is 1. The third-order valence-corrected chi connectivity index (χ3v) is 4.65. The predicted octanol–water partition coefficient (Wildman–Crippen LogP) is 4.77. The molecule has 0 spiro atoms. The molecular formula is C20H22N2OS. The number of aryl methyl sites for hydroxylation is 1. The highest BCUT2D eigenvalue weighted by atomic mass is 32.2. The van der Waals surface area contributed by atoms with Crippen LogP contribution in [0.2, 0.25) is 0 Å². The van der Waals surface area contributed by atoms with Crippen molar-refractivity contribution in [1.82, 2.24) is 0 Å². The summed E-state index contributed by atoms with van der Waals surface area (Å²) >= 11 is 1.57. The molecule has 24 heavy (non-hydrogen) atoms. The van der Waals surface area contributed by atoms with Crippen LogP contribution in [-0.4, -0.2) is 11.7 Å². The van der Waals surface area contributed by atoms with Gasteiger partial charge in [-0.25, -0.2) is 0 Å². The van der Waals surface area contributed by atoms with Gasteiger partial charge >= 0.3 is 0 Å². The van der Waals surface area contributed by atoms with E-state index in [0.29, 0.717) is 11.3 Å². The number of carbonyl (C=O) groups excluding carboxylic acids is 1. The molecule has 0 fully saturated rings. The molecular weight excluding hydrogens is 316 g/mol. The molecule has 0 aromatic heterocycles. The third-order valence-electron chi connectivity index (χ3n) is 3.64. The molecule has 0 heterocycles. The molecule has 0 bridgehead atoms. The summed E-state index contributed by atoms with van der Waals surface area (Å²) in [6.45, 7) is 2.18. The highest BCUT2D eigenvalue weighted by Gasteiger charge is 2.03. The maximum Gasteiger partial charge on any atom is 0.234 e. The summed E-state index contributed by atoms with van der Waals surface area (Å²) < 4.78 is 0. The molecule has 2 aromatic rings. The number of nitriles is 1. The lowest BCUT2D eigenvalue weighted by Gasteiger charge is -2.07. The maximum atomic E-state index is 12.0. The highest BCUT2D eigenvalue weighted by molar-refractivity contribution is 7.99. The van der Waals surface area contributed by atoms with E-state index in [9.17, 15) is 4.79 Å². The summed E-state index contributed by atoms with van der Waals surface area (Å²) in [5, 5.41) is 11.7. The van der Waals surface area contributed by atoms with Gasteiger partial charge in [-0.05, 0) is 48.2 Å². The van der Waals surface area contributed by atoms with E-state index in [-0.39, 0.29) is 5.91 Å². The zero-order valence-electron chi connectivity index (χ0n) is 13.9. The van der Waals surface area contributed by atoms with Crippen LogP contribution < -0.4 is 5.32 Å². The summed E-state index contributed by atoms with van der Waals surface area (Å²) in [5.41, 5.74) is 3.93. The second-order valence-electron chi connectivity index (χ2n) is 5.65. The van der Waals surface area contributed by atoms with Gasteiger partial charge in [-0.3, -0.25) is 4.79 Å². The van der Waals surface area contributed by atoms with Crippen molar-refractivity contribution in [2.45, 2.75) is 31.9 Å². The molecule has 0 saturated carbocycles. The van der Waals surface area contributed by atoms with E-state index in [1.807, 2.05) is 24.3 Å². The lowest BCUT2D eigenvalue weighted by molar-refractivity contribution is -0.113. The number of unbranched alkanes of at least 4 members (excludes halogenated alkanes) is 1. The van der Waals surface area contributed by atoms with Crippen molar-refractivity contribution in [2.24, 2.45) is 0 Å². The van der Waals surface area contributed by atoms with Gasteiger partial charge in [0.05, 0.1) is 17.4 Å². The Balaban J connectivity index is 1.73. The predicted molar refractivity (Wildman–Crippen MR) is 101 cm³/mol. The average molecular weight is 338 g/mol. The third kappa shape index (κ3) is 6.10. The number of rotatable bonds is 8. The summed E-state index contributed by atoms with van der Waals surface area (Å²) in [5.74, 6) is 1.18. The van der Waals surface area contributed by atoms with Crippen LogP contribution in [0.5, 0.6) is 0 Å². The fourth-order valence-electron chi connectivity index (χ4n) is 2.27. The Hall–Kier alpha value is -2.25. The number of nitrogens with zero attached hydrogens (tertiary/aromatic N) is 1. The highest BCUT2D eigenvalue weighted by Crippen LogP contribution is 2.15. The minimum absolute atomic E-state index is 0.00922. The fourth-order valence-corrected chi connectivity index (χ4v) is 3.06. The van der Waals surface area contributed by atoms with Crippen LogP contribution in [0.3, 0.4) is 0 Å². The van der Waals surface area contributed by atoms with Crippen LogP contribution in [0.4, 0.5) is 5.69 Å². The molecule has 1 amide bonds. The van der Waals surface area contributed by atoms with Crippen LogP contribution in [0, 0.1) is 11.3 Å². The standard InChI is InChI=1S/C20H22N2OS/c1-2-3-4-16-9-11-19(12-10-16)22-20(23)15-24-14-18-7-5-17(13-21)6-8-18/h5-12H,2-4,14-15H2,1H3,(H,22,23). The number of carbonyl (C=O) groups is 1. The molecule has 0 atom stereocenters. The van der Waals surface area contributed by atoms with E-state index >= 15 is 0 Å². The van der Waals surface area contributed by atoms with Gasteiger partial charge in [-0.1, -0.05) is 37.6 Å². The lowest BCUT2D eigenvalue weighted by Crippen LogP contribution is -2.14. The van der Waals surface area contributed by atoms with Gasteiger partial charge < -0.3 is 5.32 Å². The van der Waals surface area contributed by atoms with Crippen molar-refractivity contribution >= 4 is 23.4 Å². The monoisotopic (exact) mass is 338 g/mol. The lowest BCUT2D eigenvalue weighted by atomic mass is 10.1. The minimum Gasteiger partial charge on any atom is -0.325 e. The molecule has 3 nitrogen and oxygen atoms in total. The van der Waals surface area contributed by atoms with E-state index in [1.54, 1.807) is 23.9 Å². The van der Waals surface area contributed by atoms with Gasteiger partial charge in [0.25, 0.3) is 0 Å². The number of amides is 1. The summed E-state index contributed by atoms with van der Waals surface area (Å²) in [6, 6.07) is 17.7. The molecule has 0 saturated heterocycles. The maximum absolute atomic E-state index is 12.0. The SMILES string of the molecule is CCCCc1ccc(NC(=O)CSCc2ccc(C#N)cc2)cc1. The molecule has 2 aromatic carbocycles. The fraction of sp³-hybridized carbons (Fsp3) is 0.300. The number of hydrogen-bond acceptors (Lipinski definition) is 3. The average Bonchev–Trinajstić information content (AvgIpc) is 2.62. The van der Waals surface area contributed by atoms with Gasteiger partial charge in [-0.15, -0.1) is 11.8 Å². The van der Waals surface area contributed by atoms with Gasteiger partial charge in [-0.2, -0.15) is 5.26 Å². The van der Waals surface area contributed by atoms with Crippen LogP contribution in [-0.2, 0) is 17.0 Å². The molecule has 4 heteroatoms. The molecule has 2 rings (SSSR count). The van der Waals surface area contributed by atoms with E-state index in [4.69, 9.17) is 5.26 Å². The Kier molecular flexibility index (Phi) is 7.38. The van der Waals surface area contributed by atoms with E-state index in [1.165, 1.54) is 18.4 Å². The zero-order chi connectivity index (χ0) is 17.2. The first-order valence-electron chi connectivity index (χ1n) is 8.17. The number of anilines is 1. The van der Waals surface area contributed by atoms with Crippen LogP contribution in [0.25, 0.3) is 0 Å². The summed E-state index contributed by atoms with van der Waals surface area (Å²) in [7, 11) is 0. The first-order valence-corrected chi connectivity index (χ1v) is 9.32. The van der Waals surface area contributed by atoms with Gasteiger partial charge in [0.15, 0.2) is 0 Å². The smallest absolute Gasteiger partial charge is 0.234 e. The van der Waals surface area contributed by atoms with E-state index < -0.39 is 0 Å². The van der Waals surface area contributed by atoms with Gasteiger partial charge in [0, 0.05) is 11.4 Å². The minimum atomic E-state index is 0.00922. The molecule has 124 valence electrons. The molecule has 0 aliphatic carbocycles. The van der Waals surface area contributed by atoms with Crippen LogP contribution >= 0.6 is 11.8 Å². The normalized spacial score (nSPS) is 10.2. The van der Waals surface area contributed by atoms with Gasteiger partial charge in [0.1, 0.15) is 0 Å². The van der Waals surface area contributed by atoms with Crippen molar-refractivity contribution in [1.29, 1.82) is 5.26 Å². The van der Waals surface area contributed by atoms with Crippen molar-refractivity contribution in [3.05, 3.63) is 65.2 Å². The van der Waals surface area contributed by atoms with Crippen molar-refractivity contribution in [3.63, 3.8) is 0 Å². The number of nitrogens with one attached hydrogen (secondary N) is 1. The first-order chi connectivity index (χ1) is 11.7. The van der Waals surface area contributed by atoms with Gasteiger partial charge in [0.2, 0.25) is 5.91 Å². The van der Waals surface area contributed by atoms with Crippen LogP contribution in [0.15, 0.2) is 48.5 Å². The van der Waals surface area contributed by atoms with E-state index in [2.05, 4.69) is 30.4 Å². The molecule has 0 aliphatic rings. The first kappa shape index (κ1) is 18.1. The van der Waals surface area contributed by atoms with Crippen molar-refractivity contribution in [2.75, 3.05) is 11.1 Å². The molecule has 0 radical (unpaired) electrons. The summed E-state index contributed by atoms with van der Waals surface area (Å²) in [6.07, 6.45) is 3.47. The van der Waals surface area contributed by atoms with E-state index in [0.717, 1.165) is 23.4 Å². The zero-order valence-corrected chi connectivity index (χ0v) is 14.7. The Bertz CT molecular complexity index is 687. The Morgan fingerprint density at radius 3 is 2.38 bits per heavy atom. The van der Waals surface area contributed by atoms with Crippen LogP contribution in [0.1, 0.15) is 36.5 Å². The number of thioether (sulfide) groups is 1. The van der Waals surface area contributed by atoms with Crippen molar-refractivity contribution in [3.8, 4) is 6.07 Å². The number of benzene rings is 2. The Labute approximate surface area is 148 Å². The summed E-state index contributed by atoms with van der Waals surface area (Å²) in [4.78, 5) is 12.0. The Morgan fingerprint density at radius 2 is 1.75 bits per heavy atom. The largest absolute Gasteiger partial charge is 0.325 e. The topological polar surface area (TPSA) is 52.9 Å². The second-order valence-corrected chi connectivity index (χ2v) is 6.64. The second kappa shape index (κ2) is 9.79. The van der Waals surface area contributed by atoms with Crippen molar-refractivity contribution < 1.29 is 4.79 Å². The Morgan fingerprint density at radius 1 is 1.08 bits per heavy atom. The molecule has 0 unspecified atom stereocenters.